The maximum absolute atomic E-state index is 11.3. The highest BCUT2D eigenvalue weighted by Crippen LogP contribution is 2.36. The predicted octanol–water partition coefficient (Wildman–Crippen LogP) is 5.82. The number of piperidine rings is 1. The quantitative estimate of drug-likeness (QED) is 0.377. The van der Waals surface area contributed by atoms with Crippen molar-refractivity contribution in [3.8, 4) is 5.75 Å². The van der Waals surface area contributed by atoms with Crippen LogP contribution in [0.1, 0.15) is 48.3 Å². The lowest BCUT2D eigenvalue weighted by molar-refractivity contribution is -0.0316. The number of ether oxygens (including phenoxy) is 1. The lowest BCUT2D eigenvalue weighted by Gasteiger charge is -2.39. The molecule has 2 atom stereocenters. The van der Waals surface area contributed by atoms with Crippen molar-refractivity contribution in [3.05, 3.63) is 88.1 Å². The Hall–Kier alpha value is -2.18. The molecule has 2 unspecified atom stereocenters. The highest BCUT2D eigenvalue weighted by molar-refractivity contribution is 7.08. The molecule has 2 fully saturated rings. The van der Waals surface area contributed by atoms with Gasteiger partial charge in [0.1, 0.15) is 5.75 Å². The van der Waals surface area contributed by atoms with Gasteiger partial charge >= 0.3 is 0 Å². The zero-order valence-electron chi connectivity index (χ0n) is 21.5. The van der Waals surface area contributed by atoms with Crippen LogP contribution in [0.4, 0.5) is 0 Å². The van der Waals surface area contributed by atoms with Crippen LogP contribution in [0.3, 0.4) is 0 Å². The summed E-state index contributed by atoms with van der Waals surface area (Å²) in [6, 6.07) is 21.5. The monoisotopic (exact) mass is 504 g/mol. The van der Waals surface area contributed by atoms with Gasteiger partial charge in [0.2, 0.25) is 0 Å². The minimum absolute atomic E-state index is 0.509. The highest BCUT2D eigenvalue weighted by atomic mass is 32.1. The number of benzene rings is 2. The molecule has 2 aliphatic heterocycles. The summed E-state index contributed by atoms with van der Waals surface area (Å²) in [4.78, 5) is 5.26. The summed E-state index contributed by atoms with van der Waals surface area (Å²) in [7, 11) is 1.70. The first-order valence-electron chi connectivity index (χ1n) is 13.5. The molecule has 0 aliphatic carbocycles. The summed E-state index contributed by atoms with van der Waals surface area (Å²) in [6.07, 6.45) is 4.70. The first-order valence-corrected chi connectivity index (χ1v) is 14.4. The van der Waals surface area contributed by atoms with Crippen LogP contribution in [0.5, 0.6) is 5.75 Å². The fourth-order valence-electron chi connectivity index (χ4n) is 6.13. The molecule has 3 aromatic rings. The van der Waals surface area contributed by atoms with Crippen molar-refractivity contribution in [2.45, 2.75) is 50.2 Å². The third-order valence-corrected chi connectivity index (χ3v) is 8.98. The van der Waals surface area contributed by atoms with E-state index < -0.39 is 5.60 Å². The molecule has 0 saturated carbocycles. The summed E-state index contributed by atoms with van der Waals surface area (Å²) in [5.74, 6) is 2.14. The molecular weight excluding hydrogens is 464 g/mol. The second-order valence-corrected chi connectivity index (χ2v) is 11.6. The second kappa shape index (κ2) is 11.9. The SMILES string of the molecule is COc1ccc(CCCC2(O)CCN(CC3CN(Cc4ccccc4)CC3c3ccsc3)CC2)cc1. The van der Waals surface area contributed by atoms with Gasteiger partial charge in [0, 0.05) is 45.2 Å². The Balaban J connectivity index is 1.12. The zero-order valence-corrected chi connectivity index (χ0v) is 22.3. The summed E-state index contributed by atoms with van der Waals surface area (Å²) in [6.45, 7) is 6.46. The second-order valence-electron chi connectivity index (χ2n) is 10.8. The van der Waals surface area contributed by atoms with Crippen LogP contribution in [0.2, 0.25) is 0 Å². The average molecular weight is 505 g/mol. The van der Waals surface area contributed by atoms with Crippen molar-refractivity contribution >= 4 is 11.3 Å². The number of aliphatic hydroxyl groups is 1. The van der Waals surface area contributed by atoms with Gasteiger partial charge in [0.05, 0.1) is 12.7 Å². The van der Waals surface area contributed by atoms with Gasteiger partial charge in [-0.3, -0.25) is 4.90 Å². The van der Waals surface area contributed by atoms with Crippen LogP contribution in [-0.4, -0.2) is 60.3 Å². The Morgan fingerprint density at radius 1 is 0.944 bits per heavy atom. The lowest BCUT2D eigenvalue weighted by atomic mass is 9.84. The van der Waals surface area contributed by atoms with Crippen LogP contribution in [0.15, 0.2) is 71.4 Å². The minimum Gasteiger partial charge on any atom is -0.497 e. The predicted molar refractivity (Wildman–Crippen MR) is 149 cm³/mol. The molecule has 0 radical (unpaired) electrons. The Labute approximate surface area is 220 Å². The Bertz CT molecular complexity index is 1050. The molecule has 2 saturated heterocycles. The molecule has 2 aliphatic rings. The summed E-state index contributed by atoms with van der Waals surface area (Å²) >= 11 is 1.82. The number of thiophene rings is 1. The van der Waals surface area contributed by atoms with E-state index in [0.717, 1.165) is 77.1 Å². The molecule has 192 valence electrons. The molecule has 0 spiro atoms. The first kappa shape index (κ1) is 25.5. The van der Waals surface area contributed by atoms with Gasteiger partial charge in [-0.05, 0) is 83.7 Å². The third-order valence-electron chi connectivity index (χ3n) is 8.28. The topological polar surface area (TPSA) is 35.9 Å². The Kier molecular flexibility index (Phi) is 8.43. The normalized spacial score (nSPS) is 22.6. The Morgan fingerprint density at radius 3 is 2.42 bits per heavy atom. The van der Waals surface area contributed by atoms with Gasteiger partial charge < -0.3 is 14.7 Å². The highest BCUT2D eigenvalue weighted by Gasteiger charge is 2.37. The van der Waals surface area contributed by atoms with Gasteiger partial charge in [-0.1, -0.05) is 42.5 Å². The van der Waals surface area contributed by atoms with E-state index in [1.54, 1.807) is 7.11 Å². The van der Waals surface area contributed by atoms with Crippen LogP contribution in [0, 0.1) is 5.92 Å². The van der Waals surface area contributed by atoms with Crippen molar-refractivity contribution in [3.63, 3.8) is 0 Å². The van der Waals surface area contributed by atoms with Crippen molar-refractivity contribution in [2.24, 2.45) is 5.92 Å². The van der Waals surface area contributed by atoms with Crippen molar-refractivity contribution in [1.82, 2.24) is 9.80 Å². The van der Waals surface area contributed by atoms with Gasteiger partial charge in [-0.25, -0.2) is 0 Å². The van der Waals surface area contributed by atoms with E-state index in [1.165, 1.54) is 16.7 Å². The largest absolute Gasteiger partial charge is 0.497 e. The number of rotatable bonds is 10. The van der Waals surface area contributed by atoms with Crippen molar-refractivity contribution in [1.29, 1.82) is 0 Å². The standard InChI is InChI=1S/C31H40N2O2S/c1-35-29-11-9-25(10-12-29)8-5-14-31(34)15-17-32(18-16-31)21-28-22-33(20-26-6-3-2-4-7-26)23-30(28)27-13-19-36-24-27/h2-4,6-7,9-13,19,24,28,30,34H,5,8,14-18,20-23H2,1H3. The van der Waals surface area contributed by atoms with Crippen molar-refractivity contribution in [2.75, 3.05) is 39.8 Å². The van der Waals surface area contributed by atoms with E-state index in [4.69, 9.17) is 4.74 Å². The molecular formula is C31H40N2O2S. The molecule has 0 bridgehead atoms. The molecule has 1 aromatic heterocycles. The van der Waals surface area contributed by atoms with E-state index in [2.05, 4.69) is 69.1 Å². The van der Waals surface area contributed by atoms with Gasteiger partial charge in [-0.15, -0.1) is 0 Å². The fraction of sp³-hybridized carbons (Fsp3) is 0.484. The molecule has 5 rings (SSSR count). The number of hydrogen-bond acceptors (Lipinski definition) is 5. The van der Waals surface area contributed by atoms with E-state index in [9.17, 15) is 5.11 Å². The first-order chi connectivity index (χ1) is 17.6. The van der Waals surface area contributed by atoms with Crippen LogP contribution in [-0.2, 0) is 13.0 Å². The zero-order chi connectivity index (χ0) is 24.8. The van der Waals surface area contributed by atoms with E-state index in [1.807, 2.05) is 23.5 Å². The van der Waals surface area contributed by atoms with E-state index in [-0.39, 0.29) is 0 Å². The van der Waals surface area contributed by atoms with Crippen LogP contribution >= 0.6 is 11.3 Å². The molecule has 2 aromatic carbocycles. The number of aryl methyl sites for hydroxylation is 1. The number of hydrogen-bond donors (Lipinski definition) is 1. The minimum atomic E-state index is -0.509. The van der Waals surface area contributed by atoms with Crippen LogP contribution < -0.4 is 4.74 Å². The van der Waals surface area contributed by atoms with E-state index in [0.29, 0.717) is 11.8 Å². The molecule has 1 N–H and O–H groups in total. The van der Waals surface area contributed by atoms with Crippen LogP contribution in [0.25, 0.3) is 0 Å². The fourth-order valence-corrected chi connectivity index (χ4v) is 6.85. The maximum Gasteiger partial charge on any atom is 0.118 e. The van der Waals surface area contributed by atoms with Gasteiger partial charge in [0.25, 0.3) is 0 Å². The van der Waals surface area contributed by atoms with E-state index >= 15 is 0 Å². The summed E-state index contributed by atoms with van der Waals surface area (Å²) in [5.41, 5.74) is 3.72. The molecule has 4 nitrogen and oxygen atoms in total. The molecule has 5 heteroatoms. The number of likely N-dealkylation sites (tertiary alicyclic amines) is 2. The van der Waals surface area contributed by atoms with Crippen molar-refractivity contribution < 1.29 is 9.84 Å². The lowest BCUT2D eigenvalue weighted by Crippen LogP contribution is -2.46. The molecule has 3 heterocycles. The number of nitrogens with zero attached hydrogens (tertiary/aromatic N) is 2. The average Bonchev–Trinajstić information content (AvgIpc) is 3.57. The smallest absolute Gasteiger partial charge is 0.118 e. The third kappa shape index (κ3) is 6.57. The van der Waals surface area contributed by atoms with Gasteiger partial charge in [-0.2, -0.15) is 11.3 Å². The molecule has 0 amide bonds. The molecule has 36 heavy (non-hydrogen) atoms. The maximum atomic E-state index is 11.3. The summed E-state index contributed by atoms with van der Waals surface area (Å²) < 4.78 is 5.26. The Morgan fingerprint density at radius 2 is 1.72 bits per heavy atom. The number of methoxy groups -OCH3 is 1. The summed E-state index contributed by atoms with van der Waals surface area (Å²) in [5, 5.41) is 15.8. The van der Waals surface area contributed by atoms with Gasteiger partial charge in [0.15, 0.2) is 0 Å².